The minimum absolute atomic E-state index is 0.135. The van der Waals surface area contributed by atoms with Crippen LogP contribution >= 0.6 is 0 Å². The number of fused-ring (bicyclic) bond motifs is 1. The first-order valence-corrected chi connectivity index (χ1v) is 10.3. The summed E-state index contributed by atoms with van der Waals surface area (Å²) in [6.07, 6.45) is 3.23. The Morgan fingerprint density at radius 2 is 1.93 bits per heavy atom. The Balaban J connectivity index is 1.60. The first-order chi connectivity index (χ1) is 13.4. The maximum absolute atomic E-state index is 12.8. The highest BCUT2D eigenvalue weighted by atomic mass is 32.2. The Bertz CT molecular complexity index is 1030. The van der Waals surface area contributed by atoms with Crippen molar-refractivity contribution in [2.75, 3.05) is 13.2 Å². The van der Waals surface area contributed by atoms with Crippen molar-refractivity contribution in [3.8, 4) is 11.5 Å². The van der Waals surface area contributed by atoms with Crippen molar-refractivity contribution in [2.24, 2.45) is 7.05 Å². The summed E-state index contributed by atoms with van der Waals surface area (Å²) in [4.78, 5) is 10.1. The van der Waals surface area contributed by atoms with E-state index in [1.807, 2.05) is 0 Å². The Labute approximate surface area is 160 Å². The van der Waals surface area contributed by atoms with Crippen LogP contribution < -0.4 is 14.2 Å². The summed E-state index contributed by atoms with van der Waals surface area (Å²) in [5, 5.41) is 19.6. The van der Waals surface area contributed by atoms with Crippen molar-refractivity contribution >= 4 is 15.7 Å². The van der Waals surface area contributed by atoms with Crippen molar-refractivity contribution in [3.05, 3.63) is 33.9 Å². The zero-order chi connectivity index (χ0) is 19.9. The summed E-state index contributed by atoms with van der Waals surface area (Å²) < 4.78 is 40.3. The predicted octanol–water partition coefficient (Wildman–Crippen LogP) is 1.24. The van der Waals surface area contributed by atoms with Gasteiger partial charge < -0.3 is 14.0 Å². The number of hydrogen-bond acceptors (Lipinski definition) is 8. The summed E-state index contributed by atoms with van der Waals surface area (Å²) in [5.74, 6) is 1.91. The number of benzene rings is 1. The molecular weight excluding hydrogens is 390 g/mol. The Hall–Kier alpha value is -2.73. The maximum Gasteiger partial charge on any atom is 0.293 e. The molecule has 28 heavy (non-hydrogen) atoms. The summed E-state index contributed by atoms with van der Waals surface area (Å²) in [7, 11) is -2.41. The van der Waals surface area contributed by atoms with Crippen LogP contribution in [0.3, 0.4) is 0 Å². The second-order valence-corrected chi connectivity index (χ2v) is 8.44. The van der Waals surface area contributed by atoms with Gasteiger partial charge in [-0.3, -0.25) is 10.1 Å². The molecule has 0 atom stereocenters. The Kier molecular flexibility index (Phi) is 4.67. The maximum atomic E-state index is 12.8. The molecule has 0 bridgehead atoms. The Morgan fingerprint density at radius 3 is 2.54 bits per heavy atom. The van der Waals surface area contributed by atoms with Crippen molar-refractivity contribution in [2.45, 2.75) is 36.6 Å². The topological polar surface area (TPSA) is 138 Å². The van der Waals surface area contributed by atoms with E-state index in [4.69, 9.17) is 9.47 Å². The SMILES string of the molecule is Cn1c(CNS(=O)(=O)c2cc3c(cc2[N+](=O)[O-])OCCO3)nnc1C1CCC1. The summed E-state index contributed by atoms with van der Waals surface area (Å²) >= 11 is 0. The lowest BCUT2D eigenvalue weighted by atomic mass is 9.85. The number of rotatable bonds is 6. The minimum Gasteiger partial charge on any atom is -0.486 e. The fraction of sp³-hybridized carbons (Fsp3) is 0.500. The largest absolute Gasteiger partial charge is 0.486 e. The number of aromatic nitrogens is 3. The van der Waals surface area contributed by atoms with E-state index in [1.54, 1.807) is 11.6 Å². The van der Waals surface area contributed by atoms with Gasteiger partial charge in [0.05, 0.1) is 17.5 Å². The molecule has 1 fully saturated rings. The molecule has 12 heteroatoms. The van der Waals surface area contributed by atoms with E-state index < -0.39 is 25.5 Å². The van der Waals surface area contributed by atoms with E-state index >= 15 is 0 Å². The van der Waals surface area contributed by atoms with Crippen LogP contribution in [-0.4, -0.2) is 41.3 Å². The average molecular weight is 409 g/mol. The monoisotopic (exact) mass is 409 g/mol. The van der Waals surface area contributed by atoms with Crippen LogP contribution in [0, 0.1) is 10.1 Å². The van der Waals surface area contributed by atoms with E-state index in [0.717, 1.165) is 37.2 Å². The summed E-state index contributed by atoms with van der Waals surface area (Å²) in [6.45, 7) is 0.342. The van der Waals surface area contributed by atoms with Gasteiger partial charge in [0.25, 0.3) is 5.69 Å². The highest BCUT2D eigenvalue weighted by Crippen LogP contribution is 2.38. The van der Waals surface area contributed by atoms with Crippen molar-refractivity contribution in [1.82, 2.24) is 19.5 Å². The van der Waals surface area contributed by atoms with Gasteiger partial charge in [-0.15, -0.1) is 10.2 Å². The van der Waals surface area contributed by atoms with Gasteiger partial charge >= 0.3 is 0 Å². The highest BCUT2D eigenvalue weighted by Gasteiger charge is 2.31. The molecular formula is C16H19N5O6S. The summed E-state index contributed by atoms with van der Waals surface area (Å²) in [5.41, 5.74) is -0.579. The summed E-state index contributed by atoms with van der Waals surface area (Å²) in [6, 6.07) is 2.19. The molecule has 1 aliphatic heterocycles. The molecule has 1 aromatic carbocycles. The van der Waals surface area contributed by atoms with Crippen LogP contribution in [0.15, 0.2) is 17.0 Å². The van der Waals surface area contributed by atoms with Gasteiger partial charge in [-0.1, -0.05) is 6.42 Å². The third-order valence-corrected chi connectivity index (χ3v) is 6.43. The molecule has 150 valence electrons. The minimum atomic E-state index is -4.20. The second-order valence-electron chi connectivity index (χ2n) is 6.71. The fourth-order valence-electron chi connectivity index (χ4n) is 3.21. The zero-order valence-electron chi connectivity index (χ0n) is 15.1. The third kappa shape index (κ3) is 3.29. The van der Waals surface area contributed by atoms with Gasteiger partial charge in [0.1, 0.15) is 24.9 Å². The molecule has 1 aromatic heterocycles. The average Bonchev–Trinajstić information content (AvgIpc) is 2.98. The second kappa shape index (κ2) is 7.02. The number of nitro benzene ring substituents is 1. The quantitative estimate of drug-likeness (QED) is 0.555. The molecule has 0 radical (unpaired) electrons. The van der Waals surface area contributed by atoms with E-state index in [-0.39, 0.29) is 31.3 Å². The van der Waals surface area contributed by atoms with Crippen molar-refractivity contribution < 1.29 is 22.8 Å². The number of sulfonamides is 1. The lowest BCUT2D eigenvalue weighted by Crippen LogP contribution is -2.26. The van der Waals surface area contributed by atoms with Gasteiger partial charge in [0, 0.05) is 19.0 Å². The van der Waals surface area contributed by atoms with Gasteiger partial charge in [0.2, 0.25) is 10.0 Å². The van der Waals surface area contributed by atoms with Crippen molar-refractivity contribution in [3.63, 3.8) is 0 Å². The first kappa shape index (κ1) is 18.6. The normalized spacial score (nSPS) is 16.6. The molecule has 11 nitrogen and oxygen atoms in total. The molecule has 2 aromatic rings. The highest BCUT2D eigenvalue weighted by molar-refractivity contribution is 7.89. The van der Waals surface area contributed by atoms with Crippen LogP contribution in [0.25, 0.3) is 0 Å². The fourth-order valence-corrected chi connectivity index (χ4v) is 4.35. The molecule has 4 rings (SSSR count). The number of nitrogens with one attached hydrogen (secondary N) is 1. The Morgan fingerprint density at radius 1 is 1.25 bits per heavy atom. The number of hydrogen-bond donors (Lipinski definition) is 1. The predicted molar refractivity (Wildman–Crippen MR) is 95.7 cm³/mol. The van der Waals surface area contributed by atoms with E-state index in [1.165, 1.54) is 0 Å². The molecule has 1 N–H and O–H groups in total. The molecule has 2 aliphatic rings. The molecule has 0 amide bonds. The number of nitro groups is 1. The third-order valence-electron chi connectivity index (χ3n) is 5.00. The zero-order valence-corrected chi connectivity index (χ0v) is 15.9. The van der Waals surface area contributed by atoms with Gasteiger partial charge in [0.15, 0.2) is 16.4 Å². The molecule has 2 heterocycles. The molecule has 0 spiro atoms. The molecule has 0 unspecified atom stereocenters. The van der Waals surface area contributed by atoms with Gasteiger partial charge in [-0.2, -0.15) is 0 Å². The molecule has 0 saturated heterocycles. The number of nitrogens with zero attached hydrogens (tertiary/aromatic N) is 4. The van der Waals surface area contributed by atoms with Crippen LogP contribution in [0.1, 0.15) is 36.8 Å². The molecule has 1 saturated carbocycles. The van der Waals surface area contributed by atoms with Crippen LogP contribution in [0.2, 0.25) is 0 Å². The number of ether oxygens (including phenoxy) is 2. The first-order valence-electron chi connectivity index (χ1n) is 8.82. The van der Waals surface area contributed by atoms with E-state index in [0.29, 0.717) is 11.7 Å². The van der Waals surface area contributed by atoms with Gasteiger partial charge in [-0.05, 0) is 12.8 Å². The molecule has 1 aliphatic carbocycles. The van der Waals surface area contributed by atoms with Crippen LogP contribution in [0.5, 0.6) is 11.5 Å². The van der Waals surface area contributed by atoms with Gasteiger partial charge in [-0.25, -0.2) is 13.1 Å². The lowest BCUT2D eigenvalue weighted by molar-refractivity contribution is -0.388. The smallest absolute Gasteiger partial charge is 0.293 e. The van der Waals surface area contributed by atoms with Crippen molar-refractivity contribution in [1.29, 1.82) is 0 Å². The van der Waals surface area contributed by atoms with Crippen LogP contribution in [-0.2, 0) is 23.6 Å². The standard InChI is InChI=1S/C16H19N5O6S/c1-20-15(18-19-16(20)10-3-2-4-10)9-17-28(24,25)14-8-13-12(26-5-6-27-13)7-11(14)21(22)23/h7-8,10,17H,2-6,9H2,1H3. The van der Waals surface area contributed by atoms with Crippen LogP contribution in [0.4, 0.5) is 5.69 Å². The van der Waals surface area contributed by atoms with E-state index in [9.17, 15) is 18.5 Å². The lowest BCUT2D eigenvalue weighted by Gasteiger charge is -2.24. The van der Waals surface area contributed by atoms with E-state index in [2.05, 4.69) is 14.9 Å².